The smallest absolute Gasteiger partial charge is 0.164 e. The zero-order chi connectivity index (χ0) is 28.3. The lowest BCUT2D eigenvalue weighted by Gasteiger charge is -2.12. The van der Waals surface area contributed by atoms with Gasteiger partial charge in [0, 0.05) is 36.9 Å². The minimum atomic E-state index is 0.667. The van der Waals surface area contributed by atoms with E-state index in [-0.39, 0.29) is 0 Å². The first-order valence-corrected chi connectivity index (χ1v) is 15.2. The third-order valence-electron chi connectivity index (χ3n) is 8.31. The summed E-state index contributed by atoms with van der Waals surface area (Å²) in [5.41, 5.74) is 2.93. The van der Waals surface area contributed by atoms with Crippen molar-refractivity contribution < 1.29 is 0 Å². The lowest BCUT2D eigenvalue weighted by molar-refractivity contribution is 1.08. The van der Waals surface area contributed by atoms with Gasteiger partial charge in [-0.3, -0.25) is 0 Å². The molecule has 0 aliphatic heterocycles. The number of hydrogen-bond acceptors (Lipinski definition) is 4. The Balaban J connectivity index is 1.37. The molecule has 200 valence electrons. The van der Waals surface area contributed by atoms with Crippen molar-refractivity contribution in [3.63, 3.8) is 0 Å². The van der Waals surface area contributed by atoms with Gasteiger partial charge in [-0.1, -0.05) is 127 Å². The quantitative estimate of drug-likeness (QED) is 0.200. The molecule has 9 aromatic rings. The van der Waals surface area contributed by atoms with Crippen LogP contribution >= 0.6 is 11.3 Å². The minimum absolute atomic E-state index is 0.667. The number of aromatic nitrogens is 3. The van der Waals surface area contributed by atoms with Crippen molar-refractivity contribution >= 4 is 63.8 Å². The molecule has 7 aromatic carbocycles. The maximum Gasteiger partial charge on any atom is 0.164 e. The third-order valence-corrected chi connectivity index (χ3v) is 9.43. The molecule has 0 amide bonds. The zero-order valence-electron chi connectivity index (χ0n) is 23.0. The summed E-state index contributed by atoms with van der Waals surface area (Å²) in [6.07, 6.45) is 0. The Labute approximate surface area is 251 Å². The summed E-state index contributed by atoms with van der Waals surface area (Å²) in [4.78, 5) is 15.0. The molecular formula is C39H23N3S. The van der Waals surface area contributed by atoms with Crippen LogP contribution in [0.5, 0.6) is 0 Å². The molecule has 0 atom stereocenters. The van der Waals surface area contributed by atoms with E-state index in [1.807, 2.05) is 72.0 Å². The van der Waals surface area contributed by atoms with Gasteiger partial charge in [0.05, 0.1) is 0 Å². The Hall–Kier alpha value is -5.45. The number of benzene rings is 7. The van der Waals surface area contributed by atoms with Crippen molar-refractivity contribution in [1.82, 2.24) is 15.0 Å². The summed E-state index contributed by atoms with van der Waals surface area (Å²) in [5.74, 6) is 2.00. The average molecular weight is 566 g/mol. The highest BCUT2D eigenvalue weighted by molar-refractivity contribution is 7.26. The summed E-state index contributed by atoms with van der Waals surface area (Å²) in [6, 6.07) is 49.0. The number of hydrogen-bond donors (Lipinski definition) is 0. The Morgan fingerprint density at radius 2 is 0.930 bits per heavy atom. The van der Waals surface area contributed by atoms with Crippen molar-refractivity contribution in [2.24, 2.45) is 0 Å². The molecule has 9 rings (SSSR count). The molecule has 0 fully saturated rings. The van der Waals surface area contributed by atoms with E-state index in [9.17, 15) is 0 Å². The van der Waals surface area contributed by atoms with Crippen LogP contribution in [0, 0.1) is 0 Å². The Bertz CT molecular complexity index is 2440. The van der Waals surface area contributed by atoms with Crippen molar-refractivity contribution in [3.8, 4) is 34.2 Å². The fraction of sp³-hybridized carbons (Fsp3) is 0. The first-order chi connectivity index (χ1) is 21.3. The van der Waals surface area contributed by atoms with E-state index in [0.29, 0.717) is 17.5 Å². The lowest BCUT2D eigenvalue weighted by Crippen LogP contribution is -2.00. The van der Waals surface area contributed by atoms with Gasteiger partial charge in [-0.15, -0.1) is 11.3 Å². The Kier molecular flexibility index (Phi) is 5.37. The molecule has 0 saturated heterocycles. The molecular weight excluding hydrogens is 543 g/mol. The topological polar surface area (TPSA) is 38.7 Å². The van der Waals surface area contributed by atoms with Crippen molar-refractivity contribution in [3.05, 3.63) is 140 Å². The van der Waals surface area contributed by atoms with E-state index < -0.39 is 0 Å². The van der Waals surface area contributed by atoms with Gasteiger partial charge in [0.1, 0.15) is 0 Å². The van der Waals surface area contributed by atoms with Gasteiger partial charge in [0.25, 0.3) is 0 Å². The first-order valence-electron chi connectivity index (χ1n) is 14.4. The fourth-order valence-electron chi connectivity index (χ4n) is 6.33. The first kappa shape index (κ1) is 24.2. The second-order valence-corrected chi connectivity index (χ2v) is 11.9. The second-order valence-electron chi connectivity index (χ2n) is 10.8. The highest BCUT2D eigenvalue weighted by atomic mass is 32.1. The number of nitrogens with zero attached hydrogens (tertiary/aromatic N) is 3. The molecule has 2 aromatic heterocycles. The molecule has 2 heterocycles. The summed E-state index contributed by atoms with van der Waals surface area (Å²) in [5, 5.41) is 10.1. The van der Waals surface area contributed by atoms with E-state index >= 15 is 0 Å². The molecule has 0 bridgehead atoms. The van der Waals surface area contributed by atoms with Crippen LogP contribution in [-0.2, 0) is 0 Å². The summed E-state index contributed by atoms with van der Waals surface area (Å²) < 4.78 is 2.61. The maximum atomic E-state index is 5.05. The Morgan fingerprint density at radius 1 is 0.349 bits per heavy atom. The number of rotatable bonds is 3. The monoisotopic (exact) mass is 565 g/mol. The van der Waals surface area contributed by atoms with Crippen LogP contribution in [0.2, 0.25) is 0 Å². The highest BCUT2D eigenvalue weighted by Gasteiger charge is 2.17. The predicted molar refractivity (Wildman–Crippen MR) is 182 cm³/mol. The van der Waals surface area contributed by atoms with Crippen molar-refractivity contribution in [1.29, 1.82) is 0 Å². The van der Waals surface area contributed by atoms with Gasteiger partial charge in [0.2, 0.25) is 0 Å². The molecule has 0 saturated carbocycles. The molecule has 43 heavy (non-hydrogen) atoms. The molecule has 4 heteroatoms. The van der Waals surface area contributed by atoms with Crippen LogP contribution in [-0.4, -0.2) is 15.0 Å². The molecule has 0 aliphatic carbocycles. The van der Waals surface area contributed by atoms with Gasteiger partial charge in [-0.25, -0.2) is 15.0 Å². The Morgan fingerprint density at radius 3 is 1.67 bits per heavy atom. The summed E-state index contributed by atoms with van der Waals surface area (Å²) in [7, 11) is 0. The van der Waals surface area contributed by atoms with Crippen molar-refractivity contribution in [2.75, 3.05) is 0 Å². The van der Waals surface area contributed by atoms with Crippen molar-refractivity contribution in [2.45, 2.75) is 0 Å². The molecule has 0 N–H and O–H groups in total. The molecule has 3 nitrogen and oxygen atoms in total. The van der Waals surface area contributed by atoms with Crippen LogP contribution in [0.4, 0.5) is 0 Å². The molecule has 0 spiro atoms. The third kappa shape index (κ3) is 3.84. The standard InChI is InChI=1S/C39H23N3S/c1-3-11-26(12-4-1)37-40-38(27-13-5-2-6-14-27)42-39(41-37)31-17-9-16-30-29(31)21-18-25-20-23-33-36(34(25)30)35-28-15-8-7-10-24(28)19-22-32(35)43-33/h1-23H. The zero-order valence-corrected chi connectivity index (χ0v) is 23.8. The average Bonchev–Trinajstić information content (AvgIpc) is 3.48. The van der Waals surface area contributed by atoms with E-state index in [1.165, 1.54) is 47.1 Å². The minimum Gasteiger partial charge on any atom is -0.208 e. The number of thiophene rings is 1. The molecule has 0 aliphatic rings. The van der Waals surface area contributed by atoms with Crippen LogP contribution < -0.4 is 0 Å². The largest absolute Gasteiger partial charge is 0.208 e. The van der Waals surface area contributed by atoms with E-state index in [2.05, 4.69) is 78.9 Å². The summed E-state index contributed by atoms with van der Waals surface area (Å²) in [6.45, 7) is 0. The van der Waals surface area contributed by atoms with E-state index in [4.69, 9.17) is 15.0 Å². The normalized spacial score (nSPS) is 11.7. The fourth-order valence-corrected chi connectivity index (χ4v) is 7.46. The lowest BCUT2D eigenvalue weighted by atomic mass is 9.94. The summed E-state index contributed by atoms with van der Waals surface area (Å²) >= 11 is 1.87. The maximum absolute atomic E-state index is 5.05. The van der Waals surface area contributed by atoms with Crippen LogP contribution in [0.3, 0.4) is 0 Å². The highest BCUT2D eigenvalue weighted by Crippen LogP contribution is 2.44. The second kappa shape index (κ2) is 9.55. The number of fused-ring (bicyclic) bond motifs is 9. The van der Waals surface area contributed by atoms with Gasteiger partial charge in [-0.05, 0) is 44.5 Å². The van der Waals surface area contributed by atoms with Gasteiger partial charge in [0.15, 0.2) is 17.5 Å². The molecule has 0 radical (unpaired) electrons. The van der Waals surface area contributed by atoms with Crippen LogP contribution in [0.25, 0.3) is 86.7 Å². The van der Waals surface area contributed by atoms with E-state index in [0.717, 1.165) is 22.1 Å². The van der Waals surface area contributed by atoms with Gasteiger partial charge >= 0.3 is 0 Å². The van der Waals surface area contributed by atoms with Gasteiger partial charge in [-0.2, -0.15) is 0 Å². The SMILES string of the molecule is c1ccc(-c2nc(-c3ccccc3)nc(-c3cccc4c3ccc3ccc5sc6ccc7ccccc7c6c5c34)n2)cc1. The molecule has 0 unspecified atom stereocenters. The van der Waals surface area contributed by atoms with Crippen LogP contribution in [0.1, 0.15) is 0 Å². The predicted octanol–water partition coefficient (Wildman–Crippen LogP) is 10.7. The van der Waals surface area contributed by atoms with E-state index in [1.54, 1.807) is 0 Å². The van der Waals surface area contributed by atoms with Crippen LogP contribution in [0.15, 0.2) is 140 Å². The van der Waals surface area contributed by atoms with Gasteiger partial charge < -0.3 is 0 Å².